The van der Waals surface area contributed by atoms with Gasteiger partial charge in [0.1, 0.15) is 6.29 Å². The molecule has 4 rings (SSSR count). The van der Waals surface area contributed by atoms with Crippen LogP contribution in [0, 0.1) is 0 Å². The maximum absolute atomic E-state index is 10.8. The van der Waals surface area contributed by atoms with Crippen LogP contribution in [0.25, 0.3) is 21.2 Å². The minimum atomic E-state index is 0.481. The summed E-state index contributed by atoms with van der Waals surface area (Å²) in [4.78, 5) is 15.0. The van der Waals surface area contributed by atoms with E-state index in [-0.39, 0.29) is 0 Å². The molecule has 6 heteroatoms. The fourth-order valence-corrected chi connectivity index (χ4v) is 3.75. The molecule has 0 fully saturated rings. The molecule has 122 valence electrons. The number of nitrogens with one attached hydrogen (secondary N) is 1. The van der Waals surface area contributed by atoms with Gasteiger partial charge in [0.25, 0.3) is 0 Å². The molecule has 1 N–H and O–H groups in total. The Morgan fingerprint density at radius 3 is 2.80 bits per heavy atom. The van der Waals surface area contributed by atoms with Crippen molar-refractivity contribution in [1.82, 2.24) is 9.36 Å². The fourth-order valence-electron chi connectivity index (χ4n) is 2.64. The van der Waals surface area contributed by atoms with Crippen LogP contribution < -0.4 is 5.32 Å². The Hall–Kier alpha value is -2.76. The highest BCUT2D eigenvalue weighted by molar-refractivity contribution is 7.14. The summed E-state index contributed by atoms with van der Waals surface area (Å²) in [5.41, 5.74) is 3.40. The van der Waals surface area contributed by atoms with Gasteiger partial charge in [0.2, 0.25) is 0 Å². The van der Waals surface area contributed by atoms with Gasteiger partial charge in [0, 0.05) is 34.5 Å². The second-order valence-corrected chi connectivity index (χ2v) is 6.62. The van der Waals surface area contributed by atoms with Crippen LogP contribution in [0.1, 0.15) is 10.4 Å². The summed E-state index contributed by atoms with van der Waals surface area (Å²) >= 11 is 7.68. The molecule has 4 nitrogen and oxygen atoms in total. The Morgan fingerprint density at radius 1 is 1.12 bits per heavy atom. The average Bonchev–Trinajstić information content (AvgIpc) is 3.07. The van der Waals surface area contributed by atoms with Crippen molar-refractivity contribution in [1.29, 1.82) is 0 Å². The first-order valence-corrected chi connectivity index (χ1v) is 8.72. The molecule has 0 spiro atoms. The predicted molar refractivity (Wildman–Crippen MR) is 103 cm³/mol. The molecule has 0 aliphatic heterocycles. The van der Waals surface area contributed by atoms with Crippen molar-refractivity contribution in [3.8, 4) is 11.1 Å². The lowest BCUT2D eigenvalue weighted by Gasteiger charge is -2.07. The number of rotatable bonds is 4. The molecule has 0 saturated heterocycles. The van der Waals surface area contributed by atoms with Gasteiger partial charge in [0.05, 0.1) is 15.4 Å². The number of nitrogens with zero attached hydrogens (tertiary/aromatic N) is 2. The number of carbonyl (C=O) groups is 1. The topological polar surface area (TPSA) is 54.9 Å². The molecular formula is C19H12ClN3OS. The van der Waals surface area contributed by atoms with E-state index < -0.39 is 0 Å². The van der Waals surface area contributed by atoms with Crippen LogP contribution in [-0.4, -0.2) is 15.6 Å². The zero-order valence-electron chi connectivity index (χ0n) is 12.9. The maximum atomic E-state index is 10.8. The molecule has 0 bridgehead atoms. The van der Waals surface area contributed by atoms with Crippen molar-refractivity contribution in [3.63, 3.8) is 0 Å². The van der Waals surface area contributed by atoms with E-state index in [0.29, 0.717) is 16.3 Å². The van der Waals surface area contributed by atoms with Crippen LogP contribution >= 0.6 is 23.1 Å². The van der Waals surface area contributed by atoms with E-state index in [9.17, 15) is 4.79 Å². The summed E-state index contributed by atoms with van der Waals surface area (Å²) in [6.45, 7) is 0. The van der Waals surface area contributed by atoms with E-state index >= 15 is 0 Å². The van der Waals surface area contributed by atoms with Crippen molar-refractivity contribution in [2.45, 2.75) is 0 Å². The highest BCUT2D eigenvalue weighted by Crippen LogP contribution is 2.37. The summed E-state index contributed by atoms with van der Waals surface area (Å²) in [6.07, 6.45) is 4.37. The molecule has 0 aliphatic carbocycles. The minimum absolute atomic E-state index is 0.481. The van der Waals surface area contributed by atoms with Crippen LogP contribution in [0.15, 0.2) is 60.9 Å². The summed E-state index contributed by atoms with van der Waals surface area (Å²) in [6, 6.07) is 15.2. The number of aldehydes is 1. The van der Waals surface area contributed by atoms with E-state index in [1.807, 2.05) is 30.5 Å². The van der Waals surface area contributed by atoms with E-state index in [1.165, 1.54) is 11.5 Å². The number of pyridine rings is 1. The molecule has 0 unspecified atom stereocenters. The lowest BCUT2D eigenvalue weighted by atomic mass is 10.1. The van der Waals surface area contributed by atoms with E-state index in [0.717, 1.165) is 33.3 Å². The fraction of sp³-hybridized carbons (Fsp3) is 0. The number of halogens is 1. The summed E-state index contributed by atoms with van der Waals surface area (Å²) in [5.74, 6) is 0.742. The number of hydrogen-bond acceptors (Lipinski definition) is 5. The first kappa shape index (κ1) is 15.7. The van der Waals surface area contributed by atoms with Crippen molar-refractivity contribution in [3.05, 3.63) is 71.5 Å². The normalized spacial score (nSPS) is 10.8. The van der Waals surface area contributed by atoms with Gasteiger partial charge in [-0.15, -0.1) is 0 Å². The predicted octanol–water partition coefficient (Wildman–Crippen LogP) is 5.57. The zero-order chi connectivity index (χ0) is 17.2. The molecule has 2 aromatic heterocycles. The monoisotopic (exact) mass is 365 g/mol. The number of aromatic nitrogens is 2. The highest BCUT2D eigenvalue weighted by Gasteiger charge is 2.12. The third kappa shape index (κ3) is 2.99. The Balaban J connectivity index is 1.76. The second kappa shape index (κ2) is 6.63. The van der Waals surface area contributed by atoms with Crippen LogP contribution in [-0.2, 0) is 0 Å². The van der Waals surface area contributed by atoms with Gasteiger partial charge < -0.3 is 5.32 Å². The second-order valence-electron chi connectivity index (χ2n) is 5.44. The van der Waals surface area contributed by atoms with Gasteiger partial charge in [-0.2, -0.15) is 4.37 Å². The third-order valence-corrected chi connectivity index (χ3v) is 5.06. The first-order valence-electron chi connectivity index (χ1n) is 7.57. The van der Waals surface area contributed by atoms with Gasteiger partial charge in [0.15, 0.2) is 5.82 Å². The lowest BCUT2D eigenvalue weighted by Crippen LogP contribution is -1.93. The SMILES string of the molecule is O=Cc1ccc(Nc2nsc3c(-c4cccnc4)cccc23)c(Cl)c1. The van der Waals surface area contributed by atoms with Gasteiger partial charge in [-0.1, -0.05) is 29.8 Å². The van der Waals surface area contributed by atoms with Gasteiger partial charge in [-0.05, 0) is 41.9 Å². The Bertz CT molecular complexity index is 1060. The van der Waals surface area contributed by atoms with Crippen molar-refractivity contribution in [2.24, 2.45) is 0 Å². The molecule has 0 aliphatic rings. The number of benzene rings is 2. The molecule has 0 saturated carbocycles. The van der Waals surface area contributed by atoms with Gasteiger partial charge in [-0.3, -0.25) is 9.78 Å². The highest BCUT2D eigenvalue weighted by atomic mass is 35.5. The van der Waals surface area contributed by atoms with Gasteiger partial charge in [-0.25, -0.2) is 0 Å². The summed E-state index contributed by atoms with van der Waals surface area (Å²) < 4.78 is 5.62. The van der Waals surface area contributed by atoms with Crippen LogP contribution in [0.4, 0.5) is 11.5 Å². The molecule has 0 radical (unpaired) electrons. The molecule has 0 atom stereocenters. The Kier molecular flexibility index (Phi) is 4.17. The Morgan fingerprint density at radius 2 is 2.04 bits per heavy atom. The zero-order valence-corrected chi connectivity index (χ0v) is 14.5. The number of carbonyl (C=O) groups excluding carboxylic acids is 1. The van der Waals surface area contributed by atoms with E-state index in [4.69, 9.17) is 11.6 Å². The average molecular weight is 366 g/mol. The van der Waals surface area contributed by atoms with Crippen molar-refractivity contribution in [2.75, 3.05) is 5.32 Å². The van der Waals surface area contributed by atoms with Gasteiger partial charge >= 0.3 is 0 Å². The molecule has 25 heavy (non-hydrogen) atoms. The summed E-state index contributed by atoms with van der Waals surface area (Å²) in [5, 5.41) is 4.76. The summed E-state index contributed by atoms with van der Waals surface area (Å²) in [7, 11) is 0. The molecule has 2 aromatic carbocycles. The van der Waals surface area contributed by atoms with E-state index in [2.05, 4.69) is 20.7 Å². The largest absolute Gasteiger partial charge is 0.338 e. The number of hydrogen-bond donors (Lipinski definition) is 1. The van der Waals surface area contributed by atoms with Crippen LogP contribution in [0.5, 0.6) is 0 Å². The van der Waals surface area contributed by atoms with Crippen molar-refractivity contribution < 1.29 is 4.79 Å². The van der Waals surface area contributed by atoms with Crippen molar-refractivity contribution >= 4 is 51.0 Å². The lowest BCUT2D eigenvalue weighted by molar-refractivity contribution is 0.112. The number of fused-ring (bicyclic) bond motifs is 1. The minimum Gasteiger partial charge on any atom is -0.338 e. The smallest absolute Gasteiger partial charge is 0.152 e. The molecule has 0 amide bonds. The van der Waals surface area contributed by atoms with E-state index in [1.54, 1.807) is 24.4 Å². The molecule has 4 aromatic rings. The first-order chi connectivity index (χ1) is 12.3. The third-order valence-electron chi connectivity index (χ3n) is 3.85. The van der Waals surface area contributed by atoms with Crippen LogP contribution in [0.2, 0.25) is 5.02 Å². The number of anilines is 2. The maximum Gasteiger partial charge on any atom is 0.152 e. The quantitative estimate of drug-likeness (QED) is 0.480. The Labute approximate surface area is 153 Å². The standard InChI is InChI=1S/C19H12ClN3OS/c20-16-9-12(11-24)6-7-17(16)22-19-15-5-1-4-14(18(15)25-23-19)13-3-2-8-21-10-13/h1-11H,(H,22,23). The molecule has 2 heterocycles. The molecular weight excluding hydrogens is 354 g/mol. The van der Waals surface area contributed by atoms with Crippen LogP contribution in [0.3, 0.4) is 0 Å².